The van der Waals surface area contributed by atoms with Crippen LogP contribution < -0.4 is 9.80 Å². The van der Waals surface area contributed by atoms with E-state index in [1.165, 1.54) is 12.1 Å². The third-order valence-electron chi connectivity index (χ3n) is 13.9. The summed E-state index contributed by atoms with van der Waals surface area (Å²) in [5.41, 5.74) is 2.28. The SMILES string of the molecule is COCCOCCOCCOCCOCCN(CCCS(=O)(=O)O)c1ccc(/C(=C\C/C=C/C=C2/N(CCOCCOCCOCCOCCOCCC(=O)ON3C(=O)CCC3=O)c3ccc(S(=O)(=O)O)cc3C2(C)CCCS(=O)(=O)O)C(C)(C)C)c(O)c1. The molecule has 2 aromatic rings. The van der Waals surface area contributed by atoms with Crippen LogP contribution in [-0.2, 0) is 102 Å². The summed E-state index contributed by atoms with van der Waals surface area (Å²) in [5.74, 6) is -2.88. The molecular weight excluding hydrogens is 1230 g/mol. The molecule has 4 N–H and O–H groups in total. The number of rotatable bonds is 48. The van der Waals surface area contributed by atoms with Gasteiger partial charge in [0.05, 0.1) is 148 Å². The number of phenolic OH excluding ortho intramolecular Hbond substituents is 1. The van der Waals surface area contributed by atoms with Crippen LogP contribution in [0.15, 0.2) is 71.3 Å². The Morgan fingerprint density at radius 1 is 0.652 bits per heavy atom. The average molecular weight is 1320 g/mol. The lowest BCUT2D eigenvalue weighted by molar-refractivity contribution is -0.198. The van der Waals surface area contributed by atoms with Crippen molar-refractivity contribution in [1.82, 2.24) is 5.06 Å². The number of anilines is 2. The number of carbonyl (C=O) groups excluding carboxylic acids is 3. The zero-order valence-electron chi connectivity index (χ0n) is 51.7. The summed E-state index contributed by atoms with van der Waals surface area (Å²) in [6.45, 7) is 14.5. The van der Waals surface area contributed by atoms with Gasteiger partial charge in [-0.05, 0) is 85.6 Å². The average Bonchev–Trinajstić information content (AvgIpc) is 1.63. The third kappa shape index (κ3) is 29.0. The first-order valence-electron chi connectivity index (χ1n) is 29.5. The predicted octanol–water partition coefficient (Wildman–Crippen LogP) is 5.22. The molecule has 2 aliphatic rings. The van der Waals surface area contributed by atoms with Crippen LogP contribution in [0, 0.1) is 5.41 Å². The van der Waals surface area contributed by atoms with Gasteiger partial charge in [-0.25, -0.2) is 4.79 Å². The normalized spacial score (nSPS) is 16.4. The molecule has 1 saturated heterocycles. The molecule has 2 amide bonds. The van der Waals surface area contributed by atoms with E-state index in [0.29, 0.717) is 99.1 Å². The topological polar surface area (TPSA) is 346 Å². The van der Waals surface area contributed by atoms with Crippen molar-refractivity contribution in [2.24, 2.45) is 5.41 Å². The van der Waals surface area contributed by atoms with Gasteiger partial charge >= 0.3 is 5.97 Å². The number of hydrogen-bond donors (Lipinski definition) is 4. The smallest absolute Gasteiger partial charge is 0.335 e. The van der Waals surface area contributed by atoms with Gasteiger partial charge in [0.15, 0.2) is 0 Å². The molecule has 1 fully saturated rings. The molecule has 30 heteroatoms. The fourth-order valence-corrected chi connectivity index (χ4v) is 11.0. The summed E-state index contributed by atoms with van der Waals surface area (Å²) >= 11 is 0. The Bertz CT molecular complexity index is 2940. The van der Waals surface area contributed by atoms with E-state index in [2.05, 4.69) is 0 Å². The molecule has 1 atom stereocenters. The van der Waals surface area contributed by atoms with Crippen molar-refractivity contribution in [3.63, 3.8) is 0 Å². The Hall–Kier alpha value is -5.00. The molecule has 2 aliphatic heterocycles. The summed E-state index contributed by atoms with van der Waals surface area (Å²) in [7, 11) is -11.6. The van der Waals surface area contributed by atoms with E-state index < -0.39 is 70.5 Å². The summed E-state index contributed by atoms with van der Waals surface area (Å²) in [6, 6.07) is 9.46. The first-order chi connectivity index (χ1) is 42.2. The number of fused-ring (bicyclic) bond motifs is 1. The van der Waals surface area contributed by atoms with Crippen LogP contribution in [0.5, 0.6) is 5.75 Å². The van der Waals surface area contributed by atoms with E-state index in [1.54, 1.807) is 25.3 Å². The van der Waals surface area contributed by atoms with Crippen molar-refractivity contribution < 1.29 is 111 Å². The maximum absolute atomic E-state index is 12.5. The highest BCUT2D eigenvalue weighted by atomic mass is 32.2. The number of phenols is 1. The van der Waals surface area contributed by atoms with E-state index in [0.717, 1.165) is 5.57 Å². The van der Waals surface area contributed by atoms with Crippen LogP contribution in [0.25, 0.3) is 5.57 Å². The molecule has 4 rings (SSSR count). The summed E-state index contributed by atoms with van der Waals surface area (Å²) in [5, 5.41) is 12.1. The van der Waals surface area contributed by atoms with Crippen LogP contribution in [0.4, 0.5) is 11.4 Å². The van der Waals surface area contributed by atoms with E-state index in [1.807, 2.05) is 67.9 Å². The molecule has 0 aromatic heterocycles. The van der Waals surface area contributed by atoms with Crippen molar-refractivity contribution in [2.45, 2.75) is 83.0 Å². The fourth-order valence-electron chi connectivity index (χ4n) is 9.48. The van der Waals surface area contributed by atoms with E-state index in [-0.39, 0.29) is 135 Å². The highest BCUT2D eigenvalue weighted by molar-refractivity contribution is 7.86. The van der Waals surface area contributed by atoms with Crippen LogP contribution in [0.3, 0.4) is 0 Å². The second kappa shape index (κ2) is 39.4. The Morgan fingerprint density at radius 3 is 1.66 bits per heavy atom. The second-order valence-corrected chi connectivity index (χ2v) is 26.3. The number of ether oxygens (including phenoxy) is 10. The monoisotopic (exact) mass is 1320 g/mol. The molecular formula is C59H91N3O24S3. The van der Waals surface area contributed by atoms with Crippen LogP contribution in [0.1, 0.15) is 83.8 Å². The maximum atomic E-state index is 12.5. The van der Waals surface area contributed by atoms with Crippen molar-refractivity contribution in [1.29, 1.82) is 0 Å². The van der Waals surface area contributed by atoms with Crippen molar-refractivity contribution >= 4 is 65.1 Å². The molecule has 0 spiro atoms. The van der Waals surface area contributed by atoms with Gasteiger partial charge in [0.2, 0.25) is 0 Å². The van der Waals surface area contributed by atoms with Gasteiger partial charge in [-0.2, -0.15) is 25.3 Å². The number of nitrogens with zero attached hydrogens (tertiary/aromatic N) is 3. The van der Waals surface area contributed by atoms with E-state index in [4.69, 9.17) is 52.2 Å². The molecule has 89 heavy (non-hydrogen) atoms. The summed E-state index contributed by atoms with van der Waals surface area (Å²) < 4.78 is 156. The van der Waals surface area contributed by atoms with Gasteiger partial charge in [0.25, 0.3) is 42.2 Å². The van der Waals surface area contributed by atoms with Gasteiger partial charge in [-0.15, -0.1) is 5.06 Å². The lowest BCUT2D eigenvalue weighted by Crippen LogP contribution is -2.32. The molecule has 0 radical (unpaired) electrons. The second-order valence-electron chi connectivity index (χ2n) is 21.7. The minimum atomic E-state index is -4.65. The standard InChI is InChI=1S/C59H91N3O24S3/c1-58(2,3)50(49-15-13-47(45-53(49)63)60(21-10-44-88(70,71)72)22-25-78-30-33-82-38-41-84-36-35-80-28-27-76-5)11-7-6-8-12-54-59(4,20-9-43-87(67,68)69)51-46-48(89(73,74)75)14-16-52(51)61(54)23-26-79-31-34-83-39-42-85-40-37-81-32-29-77-24-19-57(66)86-62-55(64)17-18-56(62)65/h6,8,11-16,45-46,63H,7,9-10,17-44H2,1-5H3,(H,67,68,69)(H,70,71,72)(H,73,74,75)/b8-6+,50-11+,54-12+. The molecule has 0 saturated carbocycles. The lowest BCUT2D eigenvalue weighted by Gasteiger charge is -2.30. The number of carbonyl (C=O) groups is 3. The Kier molecular flexibility index (Phi) is 33.9. The van der Waals surface area contributed by atoms with E-state index in [9.17, 15) is 58.4 Å². The Morgan fingerprint density at radius 2 is 1.16 bits per heavy atom. The minimum absolute atomic E-state index is 0.00776. The number of benzene rings is 2. The van der Waals surface area contributed by atoms with Gasteiger partial charge in [0, 0.05) is 73.7 Å². The number of methoxy groups -OCH3 is 1. The van der Waals surface area contributed by atoms with Gasteiger partial charge in [0.1, 0.15) is 5.75 Å². The van der Waals surface area contributed by atoms with Crippen LogP contribution >= 0.6 is 0 Å². The molecule has 2 heterocycles. The van der Waals surface area contributed by atoms with Gasteiger partial charge in [-0.3, -0.25) is 23.2 Å². The number of hydrogen-bond acceptors (Lipinski definition) is 23. The molecule has 0 aliphatic carbocycles. The zero-order valence-corrected chi connectivity index (χ0v) is 54.2. The van der Waals surface area contributed by atoms with Crippen LogP contribution in [-0.4, -0.2) is 231 Å². The lowest BCUT2D eigenvalue weighted by atomic mass is 9.77. The zero-order chi connectivity index (χ0) is 65.4. The summed E-state index contributed by atoms with van der Waals surface area (Å²) in [6.07, 6.45) is 8.09. The number of allylic oxidation sites excluding steroid dienone is 6. The first-order valence-corrected chi connectivity index (χ1v) is 34.1. The number of imide groups is 1. The molecule has 2 aromatic carbocycles. The minimum Gasteiger partial charge on any atom is -0.507 e. The maximum Gasteiger partial charge on any atom is 0.335 e. The highest BCUT2D eigenvalue weighted by Gasteiger charge is 2.44. The van der Waals surface area contributed by atoms with Crippen molar-refractivity contribution in [2.75, 3.05) is 174 Å². The fraction of sp³-hybridized carbons (Fsp3) is 0.644. The third-order valence-corrected chi connectivity index (χ3v) is 16.3. The predicted molar refractivity (Wildman–Crippen MR) is 328 cm³/mol. The molecule has 0 bridgehead atoms. The highest BCUT2D eigenvalue weighted by Crippen LogP contribution is 2.51. The van der Waals surface area contributed by atoms with Gasteiger partial charge in [-0.1, -0.05) is 39.0 Å². The van der Waals surface area contributed by atoms with Crippen molar-refractivity contribution in [3.05, 3.63) is 77.5 Å². The quantitative estimate of drug-likeness (QED) is 0.0375. The molecule has 27 nitrogen and oxygen atoms in total. The first kappa shape index (κ1) is 76.5. The van der Waals surface area contributed by atoms with Crippen molar-refractivity contribution in [3.8, 4) is 5.75 Å². The molecule has 504 valence electrons. The van der Waals surface area contributed by atoms with E-state index >= 15 is 0 Å². The molecule has 1 unspecified atom stereocenters. The number of amides is 2. The Labute approximate surface area is 523 Å². The van der Waals surface area contributed by atoms with Gasteiger partial charge < -0.3 is 67.1 Å². The van der Waals surface area contributed by atoms with Crippen LogP contribution in [0.2, 0.25) is 0 Å². The number of hydroxylamine groups is 2. The number of aromatic hydroxyl groups is 1. The Balaban J connectivity index is 1.36. The summed E-state index contributed by atoms with van der Waals surface area (Å²) in [4.78, 5) is 43.2. The largest absolute Gasteiger partial charge is 0.507 e.